The van der Waals surface area contributed by atoms with E-state index in [1.807, 2.05) is 17.1 Å². The summed E-state index contributed by atoms with van der Waals surface area (Å²) in [7, 11) is 0. The highest BCUT2D eigenvalue weighted by Gasteiger charge is 2.16. The van der Waals surface area contributed by atoms with E-state index in [0.29, 0.717) is 0 Å². The monoisotopic (exact) mass is 219 g/mol. The average Bonchev–Trinajstić information content (AvgIpc) is 2.97. The lowest BCUT2D eigenvalue weighted by Crippen LogP contribution is -2.22. The molecule has 0 bridgehead atoms. The van der Waals surface area contributed by atoms with Gasteiger partial charge in [-0.1, -0.05) is 6.92 Å². The van der Waals surface area contributed by atoms with E-state index in [0.717, 1.165) is 24.5 Å². The molecule has 0 aliphatic rings. The van der Waals surface area contributed by atoms with Crippen LogP contribution in [0.15, 0.2) is 24.8 Å². The number of aromatic nitrogens is 4. The van der Waals surface area contributed by atoms with Gasteiger partial charge in [-0.15, -0.1) is 0 Å². The van der Waals surface area contributed by atoms with Crippen LogP contribution in [0, 0.1) is 0 Å². The Bertz CT molecular complexity index is 417. The lowest BCUT2D eigenvalue weighted by Gasteiger charge is -2.13. The Labute approximate surface area is 94.9 Å². The molecule has 2 N–H and O–H groups in total. The molecule has 0 aliphatic heterocycles. The number of aryl methyl sites for hydroxylation is 1. The SMILES string of the molecule is CCNC(c1cnn(CC)c1)c1ncc[nH]1. The van der Waals surface area contributed by atoms with E-state index in [9.17, 15) is 0 Å². The molecule has 0 fully saturated rings. The van der Waals surface area contributed by atoms with Crippen LogP contribution in [0.1, 0.15) is 31.3 Å². The number of nitrogens with one attached hydrogen (secondary N) is 2. The van der Waals surface area contributed by atoms with Crippen molar-refractivity contribution in [3.63, 3.8) is 0 Å². The average molecular weight is 219 g/mol. The van der Waals surface area contributed by atoms with E-state index < -0.39 is 0 Å². The van der Waals surface area contributed by atoms with Crippen LogP contribution in [0.5, 0.6) is 0 Å². The van der Waals surface area contributed by atoms with Gasteiger partial charge >= 0.3 is 0 Å². The maximum Gasteiger partial charge on any atom is 0.127 e. The molecule has 2 aromatic heterocycles. The molecule has 2 rings (SSSR count). The summed E-state index contributed by atoms with van der Waals surface area (Å²) >= 11 is 0. The number of H-pyrrole nitrogens is 1. The topological polar surface area (TPSA) is 58.5 Å². The zero-order chi connectivity index (χ0) is 11.4. The van der Waals surface area contributed by atoms with Crippen LogP contribution in [0.4, 0.5) is 0 Å². The summed E-state index contributed by atoms with van der Waals surface area (Å²) in [5, 5.41) is 7.67. The first-order valence-corrected chi connectivity index (χ1v) is 5.60. The zero-order valence-corrected chi connectivity index (χ0v) is 9.64. The van der Waals surface area contributed by atoms with Crippen LogP contribution >= 0.6 is 0 Å². The molecule has 5 heteroatoms. The van der Waals surface area contributed by atoms with Gasteiger partial charge in [-0.3, -0.25) is 4.68 Å². The van der Waals surface area contributed by atoms with Gasteiger partial charge in [-0.05, 0) is 13.5 Å². The summed E-state index contributed by atoms with van der Waals surface area (Å²) in [4.78, 5) is 7.43. The summed E-state index contributed by atoms with van der Waals surface area (Å²) in [5.74, 6) is 0.928. The molecule has 2 aromatic rings. The molecule has 0 saturated carbocycles. The van der Waals surface area contributed by atoms with Gasteiger partial charge in [-0.25, -0.2) is 4.98 Å². The van der Waals surface area contributed by atoms with Crippen molar-refractivity contribution in [1.29, 1.82) is 0 Å². The largest absolute Gasteiger partial charge is 0.347 e. The molecule has 0 saturated heterocycles. The van der Waals surface area contributed by atoms with Crippen molar-refractivity contribution in [2.75, 3.05) is 6.54 Å². The van der Waals surface area contributed by atoms with Gasteiger partial charge in [0.2, 0.25) is 0 Å². The van der Waals surface area contributed by atoms with Gasteiger partial charge < -0.3 is 10.3 Å². The normalized spacial score (nSPS) is 12.9. The minimum absolute atomic E-state index is 0.0975. The van der Waals surface area contributed by atoms with Crippen molar-refractivity contribution in [3.8, 4) is 0 Å². The summed E-state index contributed by atoms with van der Waals surface area (Å²) in [6, 6.07) is 0.0975. The second-order valence-electron chi connectivity index (χ2n) is 3.59. The van der Waals surface area contributed by atoms with Crippen molar-refractivity contribution >= 4 is 0 Å². The highest BCUT2D eigenvalue weighted by molar-refractivity contribution is 5.19. The van der Waals surface area contributed by atoms with Crippen molar-refractivity contribution in [1.82, 2.24) is 25.1 Å². The summed E-state index contributed by atoms with van der Waals surface area (Å²) in [6.07, 6.45) is 7.54. The van der Waals surface area contributed by atoms with E-state index in [2.05, 4.69) is 40.4 Å². The zero-order valence-electron chi connectivity index (χ0n) is 9.64. The number of rotatable bonds is 5. The van der Waals surface area contributed by atoms with Gasteiger partial charge in [-0.2, -0.15) is 5.10 Å². The number of nitrogens with zero attached hydrogens (tertiary/aromatic N) is 3. The van der Waals surface area contributed by atoms with Crippen LogP contribution in [-0.2, 0) is 6.54 Å². The molecule has 0 amide bonds. The summed E-state index contributed by atoms with van der Waals surface area (Å²) < 4.78 is 1.92. The molecule has 16 heavy (non-hydrogen) atoms. The molecule has 0 spiro atoms. The third-order valence-corrected chi connectivity index (χ3v) is 2.51. The second-order valence-corrected chi connectivity index (χ2v) is 3.59. The van der Waals surface area contributed by atoms with Crippen LogP contribution in [0.3, 0.4) is 0 Å². The van der Waals surface area contributed by atoms with Crippen molar-refractivity contribution in [2.24, 2.45) is 0 Å². The Balaban J connectivity index is 2.25. The van der Waals surface area contributed by atoms with E-state index in [1.165, 1.54) is 0 Å². The Kier molecular flexibility index (Phi) is 3.36. The van der Waals surface area contributed by atoms with Crippen molar-refractivity contribution < 1.29 is 0 Å². The van der Waals surface area contributed by atoms with Crippen molar-refractivity contribution in [3.05, 3.63) is 36.2 Å². The molecule has 0 aromatic carbocycles. The number of imidazole rings is 1. The van der Waals surface area contributed by atoms with Crippen LogP contribution in [-0.4, -0.2) is 26.3 Å². The second kappa shape index (κ2) is 4.94. The lowest BCUT2D eigenvalue weighted by molar-refractivity contribution is 0.600. The van der Waals surface area contributed by atoms with Crippen LogP contribution in [0.25, 0.3) is 0 Å². The van der Waals surface area contributed by atoms with Crippen LogP contribution < -0.4 is 5.32 Å². The quantitative estimate of drug-likeness (QED) is 0.797. The smallest absolute Gasteiger partial charge is 0.127 e. The third kappa shape index (κ3) is 2.14. The standard InChI is InChI=1S/C11H17N5/c1-3-12-10(11-13-5-6-14-11)9-7-15-16(4-2)8-9/h5-8,10,12H,3-4H2,1-2H3,(H,13,14). The molecule has 2 heterocycles. The number of aromatic amines is 1. The Hall–Kier alpha value is -1.62. The summed E-state index contributed by atoms with van der Waals surface area (Å²) in [5.41, 5.74) is 1.14. The molecule has 1 unspecified atom stereocenters. The third-order valence-electron chi connectivity index (χ3n) is 2.51. The highest BCUT2D eigenvalue weighted by Crippen LogP contribution is 2.17. The first-order valence-electron chi connectivity index (χ1n) is 5.60. The fourth-order valence-electron chi connectivity index (χ4n) is 1.71. The maximum absolute atomic E-state index is 4.29. The number of hydrogen-bond donors (Lipinski definition) is 2. The molecule has 0 radical (unpaired) electrons. The molecule has 86 valence electrons. The van der Waals surface area contributed by atoms with E-state index in [4.69, 9.17) is 0 Å². The molecular formula is C11H17N5. The fourth-order valence-corrected chi connectivity index (χ4v) is 1.71. The lowest BCUT2D eigenvalue weighted by atomic mass is 10.1. The summed E-state index contributed by atoms with van der Waals surface area (Å²) in [6.45, 7) is 5.94. The fraction of sp³-hybridized carbons (Fsp3) is 0.455. The van der Waals surface area contributed by atoms with E-state index in [-0.39, 0.29) is 6.04 Å². The maximum atomic E-state index is 4.29. The minimum atomic E-state index is 0.0975. The van der Waals surface area contributed by atoms with Crippen LogP contribution in [0.2, 0.25) is 0 Å². The van der Waals surface area contributed by atoms with Gasteiger partial charge in [0.15, 0.2) is 0 Å². The van der Waals surface area contributed by atoms with E-state index >= 15 is 0 Å². The molecule has 1 atom stereocenters. The minimum Gasteiger partial charge on any atom is -0.347 e. The first-order chi connectivity index (χ1) is 7.85. The molecule has 0 aliphatic carbocycles. The molecule has 5 nitrogen and oxygen atoms in total. The van der Waals surface area contributed by atoms with Gasteiger partial charge in [0, 0.05) is 30.7 Å². The van der Waals surface area contributed by atoms with E-state index in [1.54, 1.807) is 6.20 Å². The van der Waals surface area contributed by atoms with Gasteiger partial charge in [0.05, 0.1) is 12.2 Å². The van der Waals surface area contributed by atoms with Crippen molar-refractivity contribution in [2.45, 2.75) is 26.4 Å². The number of hydrogen-bond acceptors (Lipinski definition) is 3. The predicted molar refractivity (Wildman–Crippen MR) is 62.0 cm³/mol. The van der Waals surface area contributed by atoms with Gasteiger partial charge in [0.25, 0.3) is 0 Å². The molecular weight excluding hydrogens is 202 g/mol. The Morgan fingerprint density at radius 3 is 2.94 bits per heavy atom. The Morgan fingerprint density at radius 1 is 1.50 bits per heavy atom. The van der Waals surface area contributed by atoms with Gasteiger partial charge in [0.1, 0.15) is 5.82 Å². The first kappa shape index (κ1) is 10.9. The predicted octanol–water partition coefficient (Wildman–Crippen LogP) is 1.32. The Morgan fingerprint density at radius 2 is 2.38 bits per heavy atom. The highest BCUT2D eigenvalue weighted by atomic mass is 15.3.